The van der Waals surface area contributed by atoms with Crippen LogP contribution in [-0.2, 0) is 0 Å². The SMILES string of the molecule is CN=C(NCC(C)c1cccs1)NC1CCN(C(C)c2ccccc2)CC1. The van der Waals surface area contributed by atoms with Gasteiger partial charge in [-0.15, -0.1) is 11.3 Å². The van der Waals surface area contributed by atoms with Crippen LogP contribution < -0.4 is 10.6 Å². The number of likely N-dealkylation sites (tertiary alicyclic amines) is 1. The molecule has 1 fully saturated rings. The molecule has 27 heavy (non-hydrogen) atoms. The summed E-state index contributed by atoms with van der Waals surface area (Å²) in [6.07, 6.45) is 2.30. The van der Waals surface area contributed by atoms with E-state index < -0.39 is 0 Å². The molecule has 1 saturated heterocycles. The third-order valence-corrected chi connectivity index (χ3v) is 6.63. The minimum Gasteiger partial charge on any atom is -0.356 e. The Morgan fingerprint density at radius 2 is 1.89 bits per heavy atom. The Balaban J connectivity index is 1.43. The lowest BCUT2D eigenvalue weighted by molar-refractivity contribution is 0.158. The molecule has 1 aromatic heterocycles. The molecule has 0 aliphatic carbocycles. The van der Waals surface area contributed by atoms with Crippen LogP contribution in [0.2, 0.25) is 0 Å². The second-order valence-electron chi connectivity index (χ2n) is 7.41. The quantitative estimate of drug-likeness (QED) is 0.578. The van der Waals surface area contributed by atoms with Crippen molar-refractivity contribution in [3.63, 3.8) is 0 Å². The predicted molar refractivity (Wildman–Crippen MR) is 117 cm³/mol. The zero-order chi connectivity index (χ0) is 19.1. The van der Waals surface area contributed by atoms with E-state index in [0.717, 1.165) is 38.4 Å². The molecule has 2 aromatic rings. The second-order valence-corrected chi connectivity index (χ2v) is 8.39. The van der Waals surface area contributed by atoms with Gasteiger partial charge in [-0.25, -0.2) is 0 Å². The highest BCUT2D eigenvalue weighted by molar-refractivity contribution is 7.10. The van der Waals surface area contributed by atoms with Crippen LogP contribution in [0.3, 0.4) is 0 Å². The van der Waals surface area contributed by atoms with Crippen molar-refractivity contribution in [2.45, 2.75) is 44.7 Å². The second kappa shape index (κ2) is 9.90. The minimum atomic E-state index is 0.483. The molecule has 5 heteroatoms. The van der Waals surface area contributed by atoms with Crippen molar-refractivity contribution in [3.8, 4) is 0 Å². The fraction of sp³-hybridized carbons (Fsp3) is 0.500. The number of piperidine rings is 1. The van der Waals surface area contributed by atoms with Gasteiger partial charge in [0.25, 0.3) is 0 Å². The minimum absolute atomic E-state index is 0.483. The van der Waals surface area contributed by atoms with Crippen LogP contribution in [0.5, 0.6) is 0 Å². The molecule has 0 bridgehead atoms. The Morgan fingerprint density at radius 1 is 1.15 bits per heavy atom. The molecule has 1 aliphatic rings. The van der Waals surface area contributed by atoms with Crippen LogP contribution in [0.4, 0.5) is 0 Å². The fourth-order valence-corrected chi connectivity index (χ4v) is 4.47. The van der Waals surface area contributed by atoms with Gasteiger partial charge in [-0.3, -0.25) is 9.89 Å². The highest BCUT2D eigenvalue weighted by Crippen LogP contribution is 2.24. The van der Waals surface area contributed by atoms with Crippen molar-refractivity contribution in [2.24, 2.45) is 4.99 Å². The number of nitrogens with one attached hydrogen (secondary N) is 2. The largest absolute Gasteiger partial charge is 0.356 e. The molecule has 3 rings (SSSR count). The lowest BCUT2D eigenvalue weighted by atomic mass is 10.0. The monoisotopic (exact) mass is 384 g/mol. The molecule has 0 saturated carbocycles. The first kappa shape index (κ1) is 19.9. The van der Waals surface area contributed by atoms with Crippen molar-refractivity contribution < 1.29 is 0 Å². The van der Waals surface area contributed by atoms with Gasteiger partial charge in [0.05, 0.1) is 0 Å². The Bertz CT molecular complexity index is 690. The molecule has 0 amide bonds. The molecule has 4 nitrogen and oxygen atoms in total. The van der Waals surface area contributed by atoms with Gasteiger partial charge in [-0.1, -0.05) is 43.3 Å². The summed E-state index contributed by atoms with van der Waals surface area (Å²) in [6.45, 7) is 7.72. The summed E-state index contributed by atoms with van der Waals surface area (Å²) in [6, 6.07) is 16.1. The first-order valence-corrected chi connectivity index (χ1v) is 10.8. The lowest BCUT2D eigenvalue weighted by Gasteiger charge is -2.37. The van der Waals surface area contributed by atoms with Crippen LogP contribution in [0.15, 0.2) is 52.8 Å². The maximum Gasteiger partial charge on any atom is 0.191 e. The Morgan fingerprint density at radius 3 is 2.52 bits per heavy atom. The van der Waals surface area contributed by atoms with Crippen molar-refractivity contribution in [1.82, 2.24) is 15.5 Å². The van der Waals surface area contributed by atoms with Gasteiger partial charge in [-0.2, -0.15) is 0 Å². The van der Waals surface area contributed by atoms with Gasteiger partial charge in [0.2, 0.25) is 0 Å². The van der Waals surface area contributed by atoms with Gasteiger partial charge in [-0.05, 0) is 36.8 Å². The van der Waals surface area contributed by atoms with E-state index in [1.165, 1.54) is 10.4 Å². The van der Waals surface area contributed by atoms with Crippen LogP contribution in [0.25, 0.3) is 0 Å². The number of guanidine groups is 1. The van der Waals surface area contributed by atoms with Crippen LogP contribution >= 0.6 is 11.3 Å². The Kier molecular flexibility index (Phi) is 7.30. The van der Waals surface area contributed by atoms with E-state index in [2.05, 4.69) is 82.2 Å². The molecule has 2 unspecified atom stereocenters. The topological polar surface area (TPSA) is 39.7 Å². The standard InChI is InChI=1S/C22H32N4S/c1-17(21-10-7-15-27-21)16-24-22(23-3)25-20-11-13-26(14-12-20)18(2)19-8-5-4-6-9-19/h4-10,15,17-18,20H,11-14,16H2,1-3H3,(H2,23,24,25). The average Bonchev–Trinajstić information content (AvgIpc) is 3.26. The summed E-state index contributed by atoms with van der Waals surface area (Å²) in [5.41, 5.74) is 1.41. The lowest BCUT2D eigenvalue weighted by Crippen LogP contribution is -2.49. The number of rotatable bonds is 6. The third-order valence-electron chi connectivity index (χ3n) is 5.53. The third kappa shape index (κ3) is 5.56. The van der Waals surface area contributed by atoms with Gasteiger partial charge < -0.3 is 10.6 Å². The molecule has 0 spiro atoms. The summed E-state index contributed by atoms with van der Waals surface area (Å²) in [5, 5.41) is 9.26. The summed E-state index contributed by atoms with van der Waals surface area (Å²) in [4.78, 5) is 8.42. The molecule has 1 aliphatic heterocycles. The van der Waals surface area contributed by atoms with Gasteiger partial charge in [0, 0.05) is 49.6 Å². The van der Waals surface area contributed by atoms with E-state index >= 15 is 0 Å². The molecule has 2 N–H and O–H groups in total. The van der Waals surface area contributed by atoms with Crippen molar-refractivity contribution in [2.75, 3.05) is 26.7 Å². The van der Waals surface area contributed by atoms with Gasteiger partial charge >= 0.3 is 0 Å². The van der Waals surface area contributed by atoms with Crippen molar-refractivity contribution >= 4 is 17.3 Å². The molecule has 0 radical (unpaired) electrons. The summed E-state index contributed by atoms with van der Waals surface area (Å²) in [7, 11) is 1.86. The summed E-state index contributed by atoms with van der Waals surface area (Å²) < 4.78 is 0. The molecule has 1 aromatic carbocycles. The molecule has 2 heterocycles. The maximum atomic E-state index is 4.42. The fourth-order valence-electron chi connectivity index (χ4n) is 3.68. The molecule has 146 valence electrons. The molecular weight excluding hydrogens is 352 g/mol. The van der Waals surface area contributed by atoms with E-state index in [0.29, 0.717) is 18.0 Å². The molecular formula is C22H32N4S. The number of aliphatic imine (C=N–C) groups is 1. The number of hydrogen-bond acceptors (Lipinski definition) is 3. The highest BCUT2D eigenvalue weighted by atomic mass is 32.1. The number of nitrogens with zero attached hydrogens (tertiary/aromatic N) is 2. The van der Waals surface area contributed by atoms with E-state index in [4.69, 9.17) is 0 Å². The Labute approximate surface area is 167 Å². The number of benzene rings is 1. The van der Waals surface area contributed by atoms with Crippen molar-refractivity contribution in [1.29, 1.82) is 0 Å². The van der Waals surface area contributed by atoms with Gasteiger partial charge in [0.15, 0.2) is 5.96 Å². The van der Waals surface area contributed by atoms with Crippen molar-refractivity contribution in [3.05, 3.63) is 58.3 Å². The summed E-state index contributed by atoms with van der Waals surface area (Å²) >= 11 is 1.82. The first-order chi connectivity index (χ1) is 13.2. The highest BCUT2D eigenvalue weighted by Gasteiger charge is 2.24. The van der Waals surface area contributed by atoms with Crippen LogP contribution in [0, 0.1) is 0 Å². The molecule has 2 atom stereocenters. The predicted octanol–water partition coefficient (Wildman–Crippen LogP) is 4.24. The number of hydrogen-bond donors (Lipinski definition) is 2. The normalized spacial score (nSPS) is 18.9. The number of thiophene rings is 1. The van der Waals surface area contributed by atoms with Gasteiger partial charge in [0.1, 0.15) is 0 Å². The zero-order valence-electron chi connectivity index (χ0n) is 16.7. The average molecular weight is 385 g/mol. The van der Waals surface area contributed by atoms with Crippen LogP contribution in [-0.4, -0.2) is 43.6 Å². The summed E-state index contributed by atoms with van der Waals surface area (Å²) in [5.74, 6) is 1.42. The maximum absolute atomic E-state index is 4.42. The van der Waals surface area contributed by atoms with Crippen LogP contribution in [0.1, 0.15) is 49.1 Å². The van der Waals surface area contributed by atoms with E-state index in [-0.39, 0.29) is 0 Å². The smallest absolute Gasteiger partial charge is 0.191 e. The van der Waals surface area contributed by atoms with E-state index in [1.807, 2.05) is 18.4 Å². The zero-order valence-corrected chi connectivity index (χ0v) is 17.5. The Hall–Kier alpha value is -1.85. The van der Waals surface area contributed by atoms with E-state index in [9.17, 15) is 0 Å². The van der Waals surface area contributed by atoms with E-state index in [1.54, 1.807) is 0 Å². The first-order valence-electron chi connectivity index (χ1n) is 9.97.